The third-order valence-electron chi connectivity index (χ3n) is 29.3. The lowest BCUT2D eigenvalue weighted by atomic mass is 9.69. The highest BCUT2D eigenvalue weighted by molar-refractivity contribution is 7.88. The van der Waals surface area contributed by atoms with Gasteiger partial charge in [-0.25, -0.2) is 14.2 Å². The number of rotatable bonds is 20. The zero-order valence-electron chi connectivity index (χ0n) is 62.3. The van der Waals surface area contributed by atoms with Crippen LogP contribution < -0.4 is 36.4 Å². The number of amides is 8. The van der Waals surface area contributed by atoms with Gasteiger partial charge in [0, 0.05) is 93.8 Å². The van der Waals surface area contributed by atoms with Crippen LogP contribution >= 0.6 is 0 Å². The number of carbonyl (C=O) groups is 8. The van der Waals surface area contributed by atoms with E-state index >= 15 is 4.79 Å². The van der Waals surface area contributed by atoms with Crippen molar-refractivity contribution in [3.63, 3.8) is 0 Å². The maximum atomic E-state index is 15.6. The van der Waals surface area contributed by atoms with Crippen molar-refractivity contribution >= 4 is 67.9 Å². The number of hydrogen-bond donors (Lipinski definition) is 7. The summed E-state index contributed by atoms with van der Waals surface area (Å²) >= 11 is 0. The molecule has 13 fully saturated rings. The van der Waals surface area contributed by atoms with Crippen LogP contribution in [-0.2, 0) is 68.2 Å². The smallest absolute Gasteiger partial charge is 0.408 e. The second-order valence-electron chi connectivity index (χ2n) is 36.0. The number of nitrogens with two attached hydrogens (primary N) is 1. The van der Waals surface area contributed by atoms with Crippen LogP contribution in [0.25, 0.3) is 0 Å². The number of nitrogens with zero attached hydrogens (tertiary/aromatic N) is 4. The molecule has 13 aliphatic rings. The zero-order valence-corrected chi connectivity index (χ0v) is 63.9. The Labute approximate surface area is 604 Å². The van der Waals surface area contributed by atoms with Crippen LogP contribution in [0.3, 0.4) is 0 Å². The quantitative estimate of drug-likeness (QED) is 0.0696. The average Bonchev–Trinajstić information content (AvgIpc) is 1.46. The molecule has 0 unspecified atom stereocenters. The molecule has 26 nitrogen and oxygen atoms in total. The van der Waals surface area contributed by atoms with E-state index in [0.29, 0.717) is 130 Å². The van der Waals surface area contributed by atoms with Gasteiger partial charge in [-0.3, -0.25) is 33.6 Å². The second-order valence-corrected chi connectivity index (χ2v) is 39.3. The fraction of sp³-hybridized carbons (Fsp3) is 0.838. The molecule has 0 radical (unpaired) electrons. The van der Waals surface area contributed by atoms with Gasteiger partial charge in [0.25, 0.3) is 11.8 Å². The van der Waals surface area contributed by atoms with E-state index in [9.17, 15) is 50.4 Å². The molecule has 6 aliphatic heterocycles. The standard InChI is InChI=1S/C44H70N6O9S.C30H47N5O6S/c1-9-29-26-44(29,36(54)48-60(56,57)49-22-13-14-23-49)47-33(51)30-27-43(39(5,6)42(43)18-15-19-42)28-50(30)35(53)32(41(8)20-24-58-25-21-41)45-34(52)31(40(7)16-11-10-12-17-40)46-37(55)59-38(2,3)4;1-5-20-17-30(20,25(38)33-42(39,40)34-13-6-7-14-34)32-23(36)21-18-29(26(2,3)28(29)9-8-10-28)19-35(21)24(37)22(31)27(4)11-15-41-16-12-27/h9,29-32H,1,10-28H2,2-8H3,(H,45,52)(H,46,55)(H,47,51)(H,48,54);5,20-22H,1,6-19,31H2,2-4H3,(H,32,36)(H,33,38)/t29-,30+,31-,32-,43-,44-;20-,21+,22-,29-,30-/m11/s1. The predicted octanol–water partition coefficient (Wildman–Crippen LogP) is 5.91. The number of fused-ring (bicyclic) bond motifs is 2. The van der Waals surface area contributed by atoms with E-state index in [1.807, 2.05) is 20.8 Å². The van der Waals surface area contributed by atoms with Crippen LogP contribution in [0.1, 0.15) is 217 Å². The van der Waals surface area contributed by atoms with Crippen molar-refractivity contribution < 1.29 is 69.4 Å². The first-order valence-corrected chi connectivity index (χ1v) is 40.9. The van der Waals surface area contributed by atoms with Gasteiger partial charge in [-0.05, 0) is 169 Å². The van der Waals surface area contributed by atoms with Crippen LogP contribution in [-0.4, -0.2) is 195 Å². The minimum Gasteiger partial charge on any atom is -0.444 e. The first-order valence-electron chi connectivity index (χ1n) is 38.1. The van der Waals surface area contributed by atoms with Crippen LogP contribution in [0.4, 0.5) is 4.79 Å². The van der Waals surface area contributed by atoms with Gasteiger partial charge < -0.3 is 51.0 Å². The Bertz CT molecular complexity index is 3600. The fourth-order valence-corrected chi connectivity index (χ4v) is 24.1. The summed E-state index contributed by atoms with van der Waals surface area (Å²) in [5.41, 5.74) is 0.441. The Balaban J connectivity index is 0.000000205. The molecule has 0 aromatic carbocycles. The molecule has 8 N–H and O–H groups in total. The van der Waals surface area contributed by atoms with Gasteiger partial charge in [0.1, 0.15) is 40.8 Å². The molecule has 8 amide bonds. The molecule has 102 heavy (non-hydrogen) atoms. The van der Waals surface area contributed by atoms with Crippen molar-refractivity contribution in [3.05, 3.63) is 25.3 Å². The molecule has 6 heterocycles. The van der Waals surface area contributed by atoms with E-state index in [1.54, 1.807) is 42.7 Å². The monoisotopic (exact) mass is 1460 g/mol. The highest BCUT2D eigenvalue weighted by Gasteiger charge is 2.87. The first-order chi connectivity index (χ1) is 47.7. The molecule has 28 heteroatoms. The van der Waals surface area contributed by atoms with E-state index in [2.05, 4.69) is 71.6 Å². The molecule has 7 saturated carbocycles. The van der Waals surface area contributed by atoms with Crippen molar-refractivity contribution in [3.8, 4) is 0 Å². The topological polar surface area (TPSA) is 344 Å². The minimum absolute atomic E-state index is 0.0272. The summed E-state index contributed by atoms with van der Waals surface area (Å²) < 4.78 is 76.2. The largest absolute Gasteiger partial charge is 0.444 e. The van der Waals surface area contributed by atoms with Gasteiger partial charge in [-0.15, -0.1) is 13.2 Å². The van der Waals surface area contributed by atoms with Crippen molar-refractivity contribution in [2.24, 2.45) is 66.3 Å². The lowest BCUT2D eigenvalue weighted by Crippen LogP contribution is -2.65. The van der Waals surface area contributed by atoms with E-state index in [0.717, 1.165) is 70.6 Å². The highest BCUT2D eigenvalue weighted by atomic mass is 32.2. The fourth-order valence-electron chi connectivity index (χ4n) is 21.5. The number of alkyl carbamates (subject to hydrolysis) is 1. The molecule has 0 bridgehead atoms. The summed E-state index contributed by atoms with van der Waals surface area (Å²) in [6.45, 7) is 31.9. The van der Waals surface area contributed by atoms with E-state index in [1.165, 1.54) is 8.61 Å². The second kappa shape index (κ2) is 26.6. The Morgan fingerprint density at radius 1 is 0.500 bits per heavy atom. The van der Waals surface area contributed by atoms with Crippen LogP contribution in [0.2, 0.25) is 0 Å². The number of hydrogen-bond acceptors (Lipinski definition) is 16. The Hall–Kier alpha value is -5.26. The maximum Gasteiger partial charge on any atom is 0.408 e. The van der Waals surface area contributed by atoms with Gasteiger partial charge in [0.15, 0.2) is 0 Å². The van der Waals surface area contributed by atoms with E-state index in [4.69, 9.17) is 19.9 Å². The Kier molecular flexibility index (Phi) is 19.9. The third-order valence-corrected chi connectivity index (χ3v) is 32.3. The lowest BCUT2D eigenvalue weighted by Gasteiger charge is -2.44. The van der Waals surface area contributed by atoms with Crippen LogP contribution in [0.5, 0.6) is 0 Å². The molecular formula is C74H117N11O15S2. The van der Waals surface area contributed by atoms with Gasteiger partial charge in [-0.2, -0.15) is 25.4 Å². The van der Waals surface area contributed by atoms with Crippen molar-refractivity contribution in [2.75, 3.05) is 65.7 Å². The molecule has 11 atom stereocenters. The SMILES string of the molecule is C=C[C@@H]1C[C@]1(NC(=O)[C@@H]1C[C@@]2(CN1C(=O)[C@@H](N)C1(C)CCOCC1)C(C)(C)C21CCC1)C(=O)NS(=O)(=O)N1CCCC1.C=C[C@@H]1C[C@]1(NC(=O)[C@@H]1C[C@@]2(CN1C(=O)[C@@H](NC(=O)[C@@H](NC(=O)OC(C)(C)C)C1(C)CCCCC1)C1(C)CCOCC1)C(C)(C)C21CCC1)C(=O)NS(=O)(=O)N1CCCC1. The Morgan fingerprint density at radius 3 is 1.25 bits per heavy atom. The minimum atomic E-state index is -4.13. The molecule has 570 valence electrons. The number of carbonyl (C=O) groups excluding carboxylic acids is 8. The Morgan fingerprint density at radius 2 is 0.892 bits per heavy atom. The summed E-state index contributed by atoms with van der Waals surface area (Å²) in [6.07, 6.45) is 19.5. The molecule has 6 saturated heterocycles. The molecular weight excluding hydrogens is 1350 g/mol. The maximum absolute atomic E-state index is 15.6. The van der Waals surface area contributed by atoms with Gasteiger partial charge >= 0.3 is 26.5 Å². The summed E-state index contributed by atoms with van der Waals surface area (Å²) in [7, 11) is -8.15. The summed E-state index contributed by atoms with van der Waals surface area (Å²) in [5.74, 6) is -4.56. The van der Waals surface area contributed by atoms with Crippen molar-refractivity contribution in [2.45, 2.75) is 264 Å². The summed E-state index contributed by atoms with van der Waals surface area (Å²) in [5, 5.41) is 12.0. The van der Waals surface area contributed by atoms with Gasteiger partial charge in [0.05, 0.1) is 6.04 Å². The predicted molar refractivity (Wildman–Crippen MR) is 380 cm³/mol. The number of ether oxygens (including phenoxy) is 3. The van der Waals surface area contributed by atoms with Crippen LogP contribution in [0.15, 0.2) is 25.3 Å². The molecule has 7 aliphatic carbocycles. The molecule has 0 aromatic heterocycles. The van der Waals surface area contributed by atoms with Crippen molar-refractivity contribution in [1.29, 1.82) is 0 Å². The summed E-state index contributed by atoms with van der Waals surface area (Å²) in [6, 6.07) is -4.62. The van der Waals surface area contributed by atoms with Crippen molar-refractivity contribution in [1.82, 2.24) is 49.1 Å². The van der Waals surface area contributed by atoms with Crippen LogP contribution in [0, 0.1) is 60.6 Å². The van der Waals surface area contributed by atoms with Gasteiger partial charge in [-0.1, -0.05) is 92.7 Å². The molecule has 4 spiro atoms. The third kappa shape index (κ3) is 12.5. The zero-order chi connectivity index (χ0) is 74.1. The highest BCUT2D eigenvalue weighted by Crippen LogP contribution is 2.89. The van der Waals surface area contributed by atoms with E-state index < -0.39 is 137 Å². The van der Waals surface area contributed by atoms with E-state index in [-0.39, 0.29) is 51.2 Å². The number of nitrogens with one attached hydrogen (secondary N) is 6. The first kappa shape index (κ1) is 76.4. The summed E-state index contributed by atoms with van der Waals surface area (Å²) in [4.78, 5) is 118. The normalized spacial score (nSPS) is 34.1. The molecule has 0 aromatic rings. The van der Waals surface area contributed by atoms with Gasteiger partial charge in [0.2, 0.25) is 29.5 Å². The number of likely N-dealkylation sites (tertiary alicyclic amines) is 2. The average molecular weight is 1460 g/mol. The molecule has 13 rings (SSSR count). The lowest BCUT2D eigenvalue weighted by molar-refractivity contribution is -0.147.